The Balaban J connectivity index is 1.59. The van der Waals surface area contributed by atoms with Crippen molar-refractivity contribution in [3.05, 3.63) is 60.4 Å². The van der Waals surface area contributed by atoms with Crippen molar-refractivity contribution in [2.45, 2.75) is 17.6 Å². The number of carbonyl (C=O) groups is 2. The summed E-state index contributed by atoms with van der Waals surface area (Å²) in [5.41, 5.74) is 1.72. The number of hydrogen-bond donors (Lipinski definition) is 2. The van der Waals surface area contributed by atoms with E-state index in [4.69, 9.17) is 0 Å². The highest BCUT2D eigenvalue weighted by atomic mass is 32.2. The number of thioether (sulfide) groups is 1. The van der Waals surface area contributed by atoms with Crippen LogP contribution in [0.1, 0.15) is 5.56 Å². The van der Waals surface area contributed by atoms with Crippen LogP contribution in [0.25, 0.3) is 11.4 Å². The Morgan fingerprint density at radius 2 is 1.86 bits per heavy atom. The van der Waals surface area contributed by atoms with Gasteiger partial charge in [0.15, 0.2) is 11.0 Å². The molecule has 1 aromatic carbocycles. The highest BCUT2D eigenvalue weighted by Gasteiger charge is 2.21. The highest BCUT2D eigenvalue weighted by molar-refractivity contribution is 7.99. The van der Waals surface area contributed by atoms with Gasteiger partial charge < -0.3 is 15.0 Å². The van der Waals surface area contributed by atoms with E-state index in [1.54, 1.807) is 17.0 Å². The molecular weight excluding hydrogens is 378 g/mol. The molecule has 0 aliphatic rings. The van der Waals surface area contributed by atoms with Crippen molar-refractivity contribution in [1.82, 2.24) is 25.1 Å². The molecule has 0 bridgehead atoms. The second-order valence-corrected chi connectivity index (χ2v) is 6.98. The van der Waals surface area contributed by atoms with Gasteiger partial charge in [0.05, 0.1) is 5.75 Å². The average Bonchev–Trinajstić information content (AvgIpc) is 3.07. The molecule has 3 rings (SSSR count). The van der Waals surface area contributed by atoms with Crippen LogP contribution in [-0.4, -0.2) is 48.5 Å². The molecule has 0 radical (unpaired) electrons. The Morgan fingerprint density at radius 3 is 2.54 bits per heavy atom. The summed E-state index contributed by atoms with van der Waals surface area (Å²) in [4.78, 5) is 27.7. The van der Waals surface area contributed by atoms with E-state index in [1.165, 1.54) is 11.8 Å². The number of nitrogens with one attached hydrogen (secondary N) is 1. The van der Waals surface area contributed by atoms with Crippen molar-refractivity contribution in [3.63, 3.8) is 0 Å². The quantitative estimate of drug-likeness (QED) is 0.558. The zero-order chi connectivity index (χ0) is 19.9. The minimum atomic E-state index is -1.07. The molecule has 2 N–H and O–H groups in total. The zero-order valence-electron chi connectivity index (χ0n) is 15.1. The van der Waals surface area contributed by atoms with Gasteiger partial charge in [-0.05, 0) is 17.7 Å². The summed E-state index contributed by atoms with van der Waals surface area (Å²) in [6, 6.07) is 11.9. The third-order valence-corrected chi connectivity index (χ3v) is 5.04. The van der Waals surface area contributed by atoms with Crippen LogP contribution in [0, 0.1) is 0 Å². The first-order chi connectivity index (χ1) is 13.5. The van der Waals surface area contributed by atoms with Crippen molar-refractivity contribution in [2.75, 3.05) is 5.75 Å². The van der Waals surface area contributed by atoms with Crippen LogP contribution < -0.4 is 5.32 Å². The molecule has 1 atom stereocenters. The molecule has 2 aromatic heterocycles. The Bertz CT molecular complexity index is 947. The molecule has 144 valence electrons. The third-order valence-electron chi connectivity index (χ3n) is 4.02. The van der Waals surface area contributed by atoms with Crippen molar-refractivity contribution < 1.29 is 14.7 Å². The predicted molar refractivity (Wildman–Crippen MR) is 105 cm³/mol. The lowest BCUT2D eigenvalue weighted by Gasteiger charge is -2.14. The van der Waals surface area contributed by atoms with E-state index >= 15 is 0 Å². The lowest BCUT2D eigenvalue weighted by molar-refractivity contribution is -0.141. The van der Waals surface area contributed by atoms with Crippen LogP contribution in [0.4, 0.5) is 0 Å². The molecule has 0 aliphatic heterocycles. The van der Waals surface area contributed by atoms with Gasteiger partial charge in [0, 0.05) is 31.4 Å². The fourth-order valence-corrected chi connectivity index (χ4v) is 3.33. The van der Waals surface area contributed by atoms with E-state index in [9.17, 15) is 14.7 Å². The first kappa shape index (κ1) is 19.6. The molecule has 0 unspecified atom stereocenters. The van der Waals surface area contributed by atoms with Gasteiger partial charge in [0.2, 0.25) is 5.91 Å². The average molecular weight is 397 g/mol. The number of benzene rings is 1. The van der Waals surface area contributed by atoms with Crippen molar-refractivity contribution in [3.8, 4) is 11.4 Å². The standard InChI is InChI=1S/C19H19N5O3S/c1-24-17(14-7-9-20-10-8-14)22-23-19(24)28-12-16(25)21-15(18(26)27)11-13-5-3-2-4-6-13/h2-10,15H,11-12H2,1H3,(H,21,25)(H,26,27)/t15-/m0/s1. The minimum Gasteiger partial charge on any atom is -0.480 e. The van der Waals surface area contributed by atoms with Gasteiger partial charge in [-0.15, -0.1) is 10.2 Å². The Kier molecular flexibility index (Phi) is 6.38. The summed E-state index contributed by atoms with van der Waals surface area (Å²) >= 11 is 1.20. The molecule has 28 heavy (non-hydrogen) atoms. The maximum atomic E-state index is 12.2. The summed E-state index contributed by atoms with van der Waals surface area (Å²) in [7, 11) is 1.81. The first-order valence-corrected chi connectivity index (χ1v) is 9.52. The molecule has 0 aliphatic carbocycles. The molecule has 2 heterocycles. The van der Waals surface area contributed by atoms with E-state index in [1.807, 2.05) is 49.5 Å². The first-order valence-electron chi connectivity index (χ1n) is 8.53. The largest absolute Gasteiger partial charge is 0.480 e. The second kappa shape index (κ2) is 9.14. The molecule has 0 saturated heterocycles. The summed E-state index contributed by atoms with van der Waals surface area (Å²) in [5.74, 6) is -0.735. The number of carboxylic acid groups (broad SMARTS) is 1. The Labute approximate surface area is 166 Å². The molecular formula is C19H19N5O3S. The fourth-order valence-electron chi connectivity index (χ4n) is 2.61. The van der Waals surface area contributed by atoms with Crippen LogP contribution in [0.2, 0.25) is 0 Å². The van der Waals surface area contributed by atoms with Gasteiger partial charge in [-0.1, -0.05) is 42.1 Å². The highest BCUT2D eigenvalue weighted by Crippen LogP contribution is 2.21. The maximum absolute atomic E-state index is 12.2. The van der Waals surface area contributed by atoms with E-state index in [0.29, 0.717) is 11.0 Å². The summed E-state index contributed by atoms with van der Waals surface area (Å²) in [6.07, 6.45) is 3.56. The van der Waals surface area contributed by atoms with Gasteiger partial charge in [0.1, 0.15) is 6.04 Å². The van der Waals surface area contributed by atoms with E-state index in [-0.39, 0.29) is 18.1 Å². The van der Waals surface area contributed by atoms with E-state index in [0.717, 1.165) is 11.1 Å². The normalized spacial score (nSPS) is 11.8. The van der Waals surface area contributed by atoms with Gasteiger partial charge in [-0.3, -0.25) is 9.78 Å². The molecule has 1 amide bonds. The van der Waals surface area contributed by atoms with Gasteiger partial charge >= 0.3 is 5.97 Å². The van der Waals surface area contributed by atoms with Crippen molar-refractivity contribution in [1.29, 1.82) is 0 Å². The summed E-state index contributed by atoms with van der Waals surface area (Å²) in [6.45, 7) is 0. The van der Waals surface area contributed by atoms with Gasteiger partial charge in [0.25, 0.3) is 0 Å². The monoisotopic (exact) mass is 397 g/mol. The summed E-state index contributed by atoms with van der Waals surface area (Å²) in [5, 5.41) is 20.8. The number of carboxylic acids is 1. The maximum Gasteiger partial charge on any atom is 0.326 e. The predicted octanol–water partition coefficient (Wildman–Crippen LogP) is 1.78. The number of carbonyl (C=O) groups excluding carboxylic acids is 1. The van der Waals surface area contributed by atoms with E-state index < -0.39 is 12.0 Å². The van der Waals surface area contributed by atoms with Crippen LogP contribution in [0.3, 0.4) is 0 Å². The number of rotatable bonds is 8. The minimum absolute atomic E-state index is 0.0425. The Morgan fingerprint density at radius 1 is 1.14 bits per heavy atom. The number of pyridine rings is 1. The number of amides is 1. The SMILES string of the molecule is Cn1c(SCC(=O)N[C@@H](Cc2ccccc2)C(=O)O)nnc1-c1ccncc1. The molecule has 0 saturated carbocycles. The van der Waals surface area contributed by atoms with Gasteiger partial charge in [-0.25, -0.2) is 4.79 Å². The van der Waals surface area contributed by atoms with E-state index in [2.05, 4.69) is 20.5 Å². The number of aliphatic carboxylic acids is 1. The summed E-state index contributed by atoms with van der Waals surface area (Å²) < 4.78 is 1.78. The topological polar surface area (TPSA) is 110 Å². The fraction of sp³-hybridized carbons (Fsp3) is 0.211. The third kappa shape index (κ3) is 4.95. The van der Waals surface area contributed by atoms with Crippen LogP contribution in [-0.2, 0) is 23.1 Å². The number of nitrogens with zero attached hydrogens (tertiary/aromatic N) is 4. The number of hydrogen-bond acceptors (Lipinski definition) is 6. The van der Waals surface area contributed by atoms with Crippen LogP contribution in [0.5, 0.6) is 0 Å². The second-order valence-electron chi connectivity index (χ2n) is 6.04. The zero-order valence-corrected chi connectivity index (χ0v) is 16.0. The molecule has 3 aromatic rings. The van der Waals surface area contributed by atoms with Crippen LogP contribution in [0.15, 0.2) is 60.0 Å². The number of aromatic nitrogens is 4. The Hall–Kier alpha value is -3.20. The van der Waals surface area contributed by atoms with Gasteiger partial charge in [-0.2, -0.15) is 0 Å². The van der Waals surface area contributed by atoms with Crippen molar-refractivity contribution in [2.24, 2.45) is 7.05 Å². The van der Waals surface area contributed by atoms with Crippen LogP contribution >= 0.6 is 11.8 Å². The lowest BCUT2D eigenvalue weighted by Crippen LogP contribution is -2.43. The molecule has 8 nitrogen and oxygen atoms in total. The molecule has 0 spiro atoms. The lowest BCUT2D eigenvalue weighted by atomic mass is 10.1. The molecule has 0 fully saturated rings. The molecule has 9 heteroatoms. The van der Waals surface area contributed by atoms with Crippen molar-refractivity contribution >= 4 is 23.6 Å². The smallest absolute Gasteiger partial charge is 0.326 e.